The number of nitrogens with two attached hydrogens (primary N) is 1. The third-order valence-electron chi connectivity index (χ3n) is 4.90. The Balaban J connectivity index is 1.55. The lowest BCUT2D eigenvalue weighted by Gasteiger charge is -2.21. The number of likely N-dealkylation sites (N-methyl/N-ethyl adjacent to an activating group) is 1. The summed E-state index contributed by atoms with van der Waals surface area (Å²) in [5.41, 5.74) is 7.73. The van der Waals surface area contributed by atoms with Crippen molar-refractivity contribution < 1.29 is 4.39 Å². The zero-order valence-corrected chi connectivity index (χ0v) is 18.5. The number of anilines is 1. The number of aromatic nitrogens is 2. The predicted octanol–water partition coefficient (Wildman–Crippen LogP) is 3.21. The zero-order chi connectivity index (χ0) is 22.2. The highest BCUT2D eigenvalue weighted by atomic mass is 32.1. The van der Waals surface area contributed by atoms with E-state index in [0.29, 0.717) is 29.9 Å². The van der Waals surface area contributed by atoms with Gasteiger partial charge in [-0.1, -0.05) is 6.07 Å². The van der Waals surface area contributed by atoms with Gasteiger partial charge in [0.05, 0.1) is 11.4 Å². The number of guanidine groups is 1. The fourth-order valence-corrected chi connectivity index (χ4v) is 3.93. The van der Waals surface area contributed by atoms with Crippen molar-refractivity contribution in [3.05, 3.63) is 63.7 Å². The standard InChI is InChI=1S/C22H26FN7S/c1-26-22(29(2)13-11-18-5-4-14-31-18)27-12-3-6-20-19(15-24)21(25)30(28-20)17-9-7-16(23)8-10-17/h4-5,7-10,14H,3,6,11-13,25H2,1-2H3,(H,26,27). The summed E-state index contributed by atoms with van der Waals surface area (Å²) in [6.45, 7) is 1.56. The normalized spacial score (nSPS) is 11.4. The van der Waals surface area contributed by atoms with E-state index in [1.165, 1.54) is 21.7 Å². The summed E-state index contributed by atoms with van der Waals surface area (Å²) < 4.78 is 14.7. The molecule has 0 saturated heterocycles. The lowest BCUT2D eigenvalue weighted by atomic mass is 10.1. The molecule has 0 amide bonds. The molecule has 2 heterocycles. The molecule has 0 fully saturated rings. The van der Waals surface area contributed by atoms with Crippen molar-refractivity contribution in [1.29, 1.82) is 5.26 Å². The number of nitriles is 1. The van der Waals surface area contributed by atoms with E-state index < -0.39 is 0 Å². The molecule has 1 aromatic carbocycles. The van der Waals surface area contributed by atoms with E-state index in [0.717, 1.165) is 25.3 Å². The minimum atomic E-state index is -0.338. The number of nitrogens with one attached hydrogen (secondary N) is 1. The van der Waals surface area contributed by atoms with Crippen molar-refractivity contribution in [2.75, 3.05) is 32.9 Å². The van der Waals surface area contributed by atoms with Crippen molar-refractivity contribution in [3.63, 3.8) is 0 Å². The molecule has 0 saturated carbocycles. The molecule has 0 atom stereocenters. The van der Waals surface area contributed by atoms with E-state index in [9.17, 15) is 9.65 Å². The first-order valence-corrected chi connectivity index (χ1v) is 10.9. The lowest BCUT2D eigenvalue weighted by molar-refractivity contribution is 0.485. The number of nitrogen functional groups attached to an aromatic ring is 1. The zero-order valence-electron chi connectivity index (χ0n) is 17.7. The quantitative estimate of drug-likeness (QED) is 0.319. The number of aliphatic imine (C=N–C) groups is 1. The summed E-state index contributed by atoms with van der Waals surface area (Å²) in [5, 5.41) is 19.4. The van der Waals surface area contributed by atoms with Crippen molar-refractivity contribution in [2.24, 2.45) is 4.99 Å². The molecule has 7 nitrogen and oxygen atoms in total. The molecular formula is C22H26FN7S. The Labute approximate surface area is 185 Å². The Morgan fingerprint density at radius 1 is 1.32 bits per heavy atom. The average molecular weight is 440 g/mol. The maximum Gasteiger partial charge on any atom is 0.193 e. The van der Waals surface area contributed by atoms with Crippen LogP contribution < -0.4 is 11.1 Å². The Kier molecular flexibility index (Phi) is 7.62. The van der Waals surface area contributed by atoms with Gasteiger partial charge in [0, 0.05) is 32.1 Å². The van der Waals surface area contributed by atoms with Crippen LogP contribution in [0.1, 0.15) is 22.6 Å². The average Bonchev–Trinajstić information content (AvgIpc) is 3.40. The lowest BCUT2D eigenvalue weighted by Crippen LogP contribution is -2.40. The molecule has 3 aromatic rings. The van der Waals surface area contributed by atoms with Gasteiger partial charge in [-0.3, -0.25) is 4.99 Å². The van der Waals surface area contributed by atoms with Crippen LogP contribution in [0.2, 0.25) is 0 Å². The Morgan fingerprint density at radius 2 is 2.10 bits per heavy atom. The predicted molar refractivity (Wildman–Crippen MR) is 123 cm³/mol. The van der Waals surface area contributed by atoms with E-state index in [4.69, 9.17) is 5.73 Å². The summed E-state index contributed by atoms with van der Waals surface area (Å²) in [7, 11) is 3.78. The number of aryl methyl sites for hydroxylation is 1. The summed E-state index contributed by atoms with van der Waals surface area (Å²) in [5.74, 6) is 0.754. The number of nitrogens with zero attached hydrogens (tertiary/aromatic N) is 5. The summed E-state index contributed by atoms with van der Waals surface area (Å²) >= 11 is 1.76. The Bertz CT molecular complexity index is 1050. The number of halogens is 1. The number of rotatable bonds is 8. The van der Waals surface area contributed by atoms with E-state index in [2.05, 4.69) is 43.9 Å². The van der Waals surface area contributed by atoms with Crippen LogP contribution in [0, 0.1) is 17.1 Å². The summed E-state index contributed by atoms with van der Waals surface area (Å²) in [6, 6.07) is 12.2. The van der Waals surface area contributed by atoms with Crippen LogP contribution in [0.5, 0.6) is 0 Å². The molecule has 9 heteroatoms. The van der Waals surface area contributed by atoms with Crippen molar-refractivity contribution in [3.8, 4) is 11.8 Å². The third kappa shape index (κ3) is 5.61. The molecule has 0 aliphatic rings. The fourth-order valence-electron chi connectivity index (χ4n) is 3.23. The van der Waals surface area contributed by atoms with Crippen LogP contribution in [0.15, 0.2) is 46.8 Å². The van der Waals surface area contributed by atoms with Crippen LogP contribution >= 0.6 is 11.3 Å². The van der Waals surface area contributed by atoms with Gasteiger partial charge in [0.1, 0.15) is 23.3 Å². The molecule has 0 spiro atoms. The molecule has 3 N–H and O–H groups in total. The molecule has 0 aliphatic heterocycles. The SMILES string of the molecule is CN=C(NCCCc1nn(-c2ccc(F)cc2)c(N)c1C#N)N(C)CCc1cccs1. The van der Waals surface area contributed by atoms with Crippen LogP contribution in [0.25, 0.3) is 5.69 Å². The van der Waals surface area contributed by atoms with Crippen LogP contribution in [-0.2, 0) is 12.8 Å². The van der Waals surface area contributed by atoms with Crippen molar-refractivity contribution in [2.45, 2.75) is 19.3 Å². The number of hydrogen-bond acceptors (Lipinski definition) is 5. The van der Waals surface area contributed by atoms with Crippen LogP contribution in [0.4, 0.5) is 10.2 Å². The van der Waals surface area contributed by atoms with Gasteiger partial charge < -0.3 is 16.0 Å². The minimum absolute atomic E-state index is 0.265. The molecule has 0 bridgehead atoms. The first-order chi connectivity index (χ1) is 15.0. The van der Waals surface area contributed by atoms with Gasteiger partial charge in [0.25, 0.3) is 0 Å². The second kappa shape index (κ2) is 10.6. The van der Waals surface area contributed by atoms with E-state index in [1.54, 1.807) is 30.5 Å². The van der Waals surface area contributed by atoms with Crippen molar-refractivity contribution in [1.82, 2.24) is 20.0 Å². The third-order valence-corrected chi connectivity index (χ3v) is 5.83. The highest BCUT2D eigenvalue weighted by Crippen LogP contribution is 2.21. The monoisotopic (exact) mass is 439 g/mol. The van der Waals surface area contributed by atoms with Gasteiger partial charge in [0.15, 0.2) is 5.96 Å². The number of thiophene rings is 1. The molecule has 0 unspecified atom stereocenters. The van der Waals surface area contributed by atoms with Gasteiger partial charge in [-0.15, -0.1) is 11.3 Å². The van der Waals surface area contributed by atoms with Gasteiger partial charge >= 0.3 is 0 Å². The second-order valence-corrected chi connectivity index (χ2v) is 8.07. The summed E-state index contributed by atoms with van der Waals surface area (Å²) in [4.78, 5) is 7.79. The van der Waals surface area contributed by atoms with Crippen molar-refractivity contribution >= 4 is 23.1 Å². The molecule has 2 aromatic heterocycles. The molecule has 31 heavy (non-hydrogen) atoms. The topological polar surface area (TPSA) is 95.3 Å². The molecule has 162 valence electrons. The smallest absolute Gasteiger partial charge is 0.193 e. The minimum Gasteiger partial charge on any atom is -0.382 e. The molecule has 0 radical (unpaired) electrons. The Hall–Kier alpha value is -3.38. The molecular weight excluding hydrogens is 413 g/mol. The van der Waals surface area contributed by atoms with Gasteiger partial charge in [-0.25, -0.2) is 9.07 Å². The van der Waals surface area contributed by atoms with Crippen LogP contribution in [-0.4, -0.2) is 47.8 Å². The molecule has 0 aliphatic carbocycles. The largest absolute Gasteiger partial charge is 0.382 e. The first kappa shape index (κ1) is 22.3. The van der Waals surface area contributed by atoms with E-state index in [-0.39, 0.29) is 11.6 Å². The highest BCUT2D eigenvalue weighted by molar-refractivity contribution is 7.09. The highest BCUT2D eigenvalue weighted by Gasteiger charge is 2.16. The number of hydrogen-bond donors (Lipinski definition) is 2. The maximum absolute atomic E-state index is 13.2. The Morgan fingerprint density at radius 3 is 2.74 bits per heavy atom. The first-order valence-electron chi connectivity index (χ1n) is 10.0. The second-order valence-electron chi connectivity index (χ2n) is 7.04. The summed E-state index contributed by atoms with van der Waals surface area (Å²) in [6.07, 6.45) is 2.32. The maximum atomic E-state index is 13.2. The van der Waals surface area contributed by atoms with E-state index in [1.807, 2.05) is 7.05 Å². The fraction of sp³-hybridized carbons (Fsp3) is 0.318. The van der Waals surface area contributed by atoms with Gasteiger partial charge in [-0.2, -0.15) is 10.4 Å². The van der Waals surface area contributed by atoms with Gasteiger partial charge in [0.2, 0.25) is 0 Å². The van der Waals surface area contributed by atoms with E-state index >= 15 is 0 Å². The molecule has 3 rings (SSSR count). The van der Waals surface area contributed by atoms with Gasteiger partial charge in [-0.05, 0) is 55.0 Å². The number of benzene rings is 1. The van der Waals surface area contributed by atoms with Crippen LogP contribution in [0.3, 0.4) is 0 Å².